The summed E-state index contributed by atoms with van der Waals surface area (Å²) in [4.78, 5) is 30.2. The first-order valence-corrected chi connectivity index (χ1v) is 10.2. The number of nitrogens with one attached hydrogen (secondary N) is 2. The van der Waals surface area contributed by atoms with Crippen LogP contribution in [0, 0.1) is 6.92 Å². The summed E-state index contributed by atoms with van der Waals surface area (Å²) in [5.74, 6) is 0.0452. The molecule has 0 saturated heterocycles. The maximum Gasteiger partial charge on any atom is 0.287 e. The van der Waals surface area contributed by atoms with Gasteiger partial charge in [-0.2, -0.15) is 0 Å². The average Bonchev–Trinajstić information content (AvgIpc) is 3.09. The highest BCUT2D eigenvalue weighted by Gasteiger charge is 2.28. The lowest BCUT2D eigenvalue weighted by Gasteiger charge is -2.18. The predicted molar refractivity (Wildman–Crippen MR) is 113 cm³/mol. The molecule has 7 nitrogen and oxygen atoms in total. The standard InChI is InChI=1S/C22H30N4O3/c1-14(2)16-9-7-8-15(3)18(16)25-21(27)19-17-10-5-6-12-26(17)20(24-19)22(28)23-11-13-29-4/h7-9,14H,5-6,10-13H2,1-4H3,(H,23,28)(H,25,27). The number of para-hydroxylation sites is 1. The van der Waals surface area contributed by atoms with Crippen LogP contribution in [0.4, 0.5) is 5.69 Å². The molecule has 2 amide bonds. The number of methoxy groups -OCH3 is 1. The molecule has 2 heterocycles. The first-order chi connectivity index (χ1) is 13.9. The minimum absolute atomic E-state index is 0.261. The van der Waals surface area contributed by atoms with Crippen LogP contribution in [-0.4, -0.2) is 41.6 Å². The molecule has 0 fully saturated rings. The Kier molecular flexibility index (Phi) is 6.69. The maximum absolute atomic E-state index is 13.2. The molecule has 1 aromatic carbocycles. The number of rotatable bonds is 7. The van der Waals surface area contributed by atoms with E-state index in [4.69, 9.17) is 4.74 Å². The van der Waals surface area contributed by atoms with Crippen molar-refractivity contribution < 1.29 is 14.3 Å². The van der Waals surface area contributed by atoms with Gasteiger partial charge in [0.05, 0.1) is 12.3 Å². The van der Waals surface area contributed by atoms with E-state index in [1.165, 1.54) is 0 Å². The molecule has 0 atom stereocenters. The highest BCUT2D eigenvalue weighted by atomic mass is 16.5. The second-order valence-corrected chi connectivity index (χ2v) is 7.74. The Hall–Kier alpha value is -2.67. The highest BCUT2D eigenvalue weighted by Crippen LogP contribution is 2.29. The van der Waals surface area contributed by atoms with Crippen molar-refractivity contribution in [3.8, 4) is 0 Å². The summed E-state index contributed by atoms with van der Waals surface area (Å²) in [7, 11) is 1.59. The third kappa shape index (κ3) is 4.50. The Morgan fingerprint density at radius 2 is 2.03 bits per heavy atom. The van der Waals surface area contributed by atoms with Crippen molar-refractivity contribution in [3.05, 3.63) is 46.5 Å². The lowest BCUT2D eigenvalue weighted by molar-refractivity contribution is 0.0921. The first kappa shape index (κ1) is 21.0. The van der Waals surface area contributed by atoms with Crippen LogP contribution < -0.4 is 10.6 Å². The number of aryl methyl sites for hydroxylation is 1. The van der Waals surface area contributed by atoms with Crippen molar-refractivity contribution in [1.82, 2.24) is 14.9 Å². The van der Waals surface area contributed by atoms with E-state index in [9.17, 15) is 9.59 Å². The molecule has 3 rings (SSSR count). The zero-order valence-corrected chi connectivity index (χ0v) is 17.7. The third-order valence-corrected chi connectivity index (χ3v) is 5.29. The van der Waals surface area contributed by atoms with E-state index < -0.39 is 0 Å². The van der Waals surface area contributed by atoms with Gasteiger partial charge in [0.15, 0.2) is 11.5 Å². The molecule has 1 aliphatic heterocycles. The maximum atomic E-state index is 13.2. The second kappa shape index (κ2) is 9.22. The van der Waals surface area contributed by atoms with Gasteiger partial charge in [-0.1, -0.05) is 32.0 Å². The van der Waals surface area contributed by atoms with Crippen LogP contribution in [0.1, 0.15) is 70.5 Å². The fourth-order valence-electron chi connectivity index (χ4n) is 3.76. The molecule has 0 radical (unpaired) electrons. The summed E-state index contributed by atoms with van der Waals surface area (Å²) < 4.78 is 6.88. The fraction of sp³-hybridized carbons (Fsp3) is 0.500. The molecule has 0 bridgehead atoms. The van der Waals surface area contributed by atoms with Gasteiger partial charge in [-0.25, -0.2) is 4.98 Å². The Balaban J connectivity index is 1.91. The summed E-state index contributed by atoms with van der Waals surface area (Å²) in [5.41, 5.74) is 4.11. The van der Waals surface area contributed by atoms with Crippen molar-refractivity contribution in [2.75, 3.05) is 25.6 Å². The van der Waals surface area contributed by atoms with Crippen molar-refractivity contribution in [1.29, 1.82) is 0 Å². The number of carbonyl (C=O) groups excluding carboxylic acids is 2. The van der Waals surface area contributed by atoms with Crippen molar-refractivity contribution in [3.63, 3.8) is 0 Å². The number of anilines is 1. The fourth-order valence-corrected chi connectivity index (χ4v) is 3.76. The number of imidazole rings is 1. The number of hydrogen-bond acceptors (Lipinski definition) is 4. The van der Waals surface area contributed by atoms with E-state index >= 15 is 0 Å². The normalized spacial score (nSPS) is 13.3. The van der Waals surface area contributed by atoms with Crippen molar-refractivity contribution in [2.24, 2.45) is 0 Å². The molecule has 2 N–H and O–H groups in total. The molecule has 29 heavy (non-hydrogen) atoms. The minimum atomic E-state index is -0.275. The van der Waals surface area contributed by atoms with Gasteiger partial charge >= 0.3 is 0 Å². The number of ether oxygens (including phenoxy) is 1. The van der Waals surface area contributed by atoms with Crippen LogP contribution >= 0.6 is 0 Å². The molecule has 156 valence electrons. The molecule has 0 unspecified atom stereocenters. The van der Waals surface area contributed by atoms with Crippen LogP contribution in [0.3, 0.4) is 0 Å². The Bertz CT molecular complexity index is 902. The molecular weight excluding hydrogens is 368 g/mol. The Morgan fingerprint density at radius 1 is 1.24 bits per heavy atom. The van der Waals surface area contributed by atoms with E-state index in [1.807, 2.05) is 29.7 Å². The number of aromatic nitrogens is 2. The van der Waals surface area contributed by atoms with E-state index in [0.717, 1.165) is 41.8 Å². The molecule has 0 spiro atoms. The minimum Gasteiger partial charge on any atom is -0.383 e. The van der Waals surface area contributed by atoms with E-state index in [0.29, 0.717) is 31.2 Å². The summed E-state index contributed by atoms with van der Waals surface area (Å²) in [6, 6.07) is 6.02. The van der Waals surface area contributed by atoms with Gasteiger partial charge in [-0.05, 0) is 43.2 Å². The summed E-state index contributed by atoms with van der Waals surface area (Å²) >= 11 is 0. The summed E-state index contributed by atoms with van der Waals surface area (Å²) in [5, 5.41) is 5.87. The Morgan fingerprint density at radius 3 is 2.76 bits per heavy atom. The lowest BCUT2D eigenvalue weighted by atomic mass is 9.98. The molecule has 7 heteroatoms. The highest BCUT2D eigenvalue weighted by molar-refractivity contribution is 6.05. The van der Waals surface area contributed by atoms with Crippen LogP contribution in [-0.2, 0) is 17.7 Å². The van der Waals surface area contributed by atoms with Gasteiger partial charge in [0.1, 0.15) is 0 Å². The van der Waals surface area contributed by atoms with Gasteiger partial charge in [-0.15, -0.1) is 0 Å². The van der Waals surface area contributed by atoms with Gasteiger partial charge in [-0.3, -0.25) is 9.59 Å². The lowest BCUT2D eigenvalue weighted by Crippen LogP contribution is -2.30. The van der Waals surface area contributed by atoms with Crippen LogP contribution in [0.2, 0.25) is 0 Å². The topological polar surface area (TPSA) is 85.2 Å². The molecule has 2 aromatic rings. The van der Waals surface area contributed by atoms with Crippen LogP contribution in [0.5, 0.6) is 0 Å². The van der Waals surface area contributed by atoms with Crippen molar-refractivity contribution >= 4 is 17.5 Å². The van der Waals surface area contributed by atoms with Crippen molar-refractivity contribution in [2.45, 2.75) is 52.5 Å². The monoisotopic (exact) mass is 398 g/mol. The van der Waals surface area contributed by atoms with E-state index in [-0.39, 0.29) is 17.7 Å². The molecule has 0 saturated carbocycles. The summed E-state index contributed by atoms with van der Waals surface area (Å²) in [6.45, 7) is 7.72. The third-order valence-electron chi connectivity index (χ3n) is 5.29. The predicted octanol–water partition coefficient (Wildman–Crippen LogP) is 3.28. The van der Waals surface area contributed by atoms with Gasteiger partial charge in [0.25, 0.3) is 11.8 Å². The second-order valence-electron chi connectivity index (χ2n) is 7.74. The van der Waals surface area contributed by atoms with E-state index in [1.54, 1.807) is 7.11 Å². The largest absolute Gasteiger partial charge is 0.383 e. The van der Waals surface area contributed by atoms with Crippen LogP contribution in [0.15, 0.2) is 18.2 Å². The number of amides is 2. The molecule has 1 aliphatic rings. The van der Waals surface area contributed by atoms with Gasteiger partial charge in [0.2, 0.25) is 0 Å². The van der Waals surface area contributed by atoms with Gasteiger partial charge in [0, 0.05) is 25.9 Å². The SMILES string of the molecule is COCCNC(=O)c1nc(C(=O)Nc2c(C)cccc2C(C)C)c2n1CCCC2. The summed E-state index contributed by atoms with van der Waals surface area (Å²) in [6.07, 6.45) is 2.70. The first-order valence-electron chi connectivity index (χ1n) is 10.2. The smallest absolute Gasteiger partial charge is 0.287 e. The number of nitrogens with zero attached hydrogens (tertiary/aromatic N) is 2. The quantitative estimate of drug-likeness (QED) is 0.701. The number of carbonyl (C=O) groups is 2. The zero-order valence-electron chi connectivity index (χ0n) is 17.7. The zero-order chi connectivity index (χ0) is 21.0. The molecule has 1 aromatic heterocycles. The number of benzene rings is 1. The molecule has 0 aliphatic carbocycles. The average molecular weight is 399 g/mol. The van der Waals surface area contributed by atoms with Crippen LogP contribution in [0.25, 0.3) is 0 Å². The number of hydrogen-bond donors (Lipinski definition) is 2. The molecular formula is C22H30N4O3. The number of fused-ring (bicyclic) bond motifs is 1. The van der Waals surface area contributed by atoms with E-state index in [2.05, 4.69) is 29.5 Å². The Labute approximate surface area is 171 Å². The van der Waals surface area contributed by atoms with Gasteiger partial charge < -0.3 is 19.9 Å².